The predicted octanol–water partition coefficient (Wildman–Crippen LogP) is 3.12. The minimum Gasteiger partial charge on any atom is -0.493 e. The number of hydrogen-bond acceptors (Lipinski definition) is 7. The first-order valence-electron chi connectivity index (χ1n) is 8.62. The second-order valence-electron chi connectivity index (χ2n) is 6.24. The number of hydrazone groups is 1. The average molecular weight is 411 g/mol. The van der Waals surface area contributed by atoms with Gasteiger partial charge in [-0.25, -0.2) is 4.79 Å². The van der Waals surface area contributed by atoms with Crippen molar-refractivity contribution >= 4 is 35.0 Å². The van der Waals surface area contributed by atoms with Crippen LogP contribution >= 0.6 is 0 Å². The molecule has 1 amide bonds. The van der Waals surface area contributed by atoms with E-state index in [9.17, 15) is 19.7 Å². The first kappa shape index (κ1) is 20.5. The number of nitro groups is 1. The molecule has 154 valence electrons. The van der Waals surface area contributed by atoms with E-state index in [0.717, 1.165) is 5.01 Å². The topological polar surface area (TPSA) is 132 Å². The number of hydrogen-bond donors (Lipinski definition) is 1. The van der Waals surface area contributed by atoms with E-state index in [1.165, 1.54) is 56.7 Å². The molecule has 2 aromatic rings. The SMILES string of the molecule is COc1cc(/C=C2\C(=O)N(c3ccc(C(=O)O)cc3)N=C2C)c([N+](=O)[O-])cc1OC. The third-order valence-electron chi connectivity index (χ3n) is 4.45. The number of rotatable bonds is 6. The van der Waals surface area contributed by atoms with E-state index >= 15 is 0 Å². The lowest BCUT2D eigenvalue weighted by Gasteiger charge is -2.12. The fourth-order valence-corrected chi connectivity index (χ4v) is 2.92. The molecule has 1 aliphatic rings. The fourth-order valence-electron chi connectivity index (χ4n) is 2.92. The molecular weight excluding hydrogens is 394 g/mol. The molecule has 0 unspecified atom stereocenters. The maximum absolute atomic E-state index is 12.9. The number of carbonyl (C=O) groups excluding carboxylic acids is 1. The largest absolute Gasteiger partial charge is 0.493 e. The molecule has 0 aromatic heterocycles. The second-order valence-corrected chi connectivity index (χ2v) is 6.24. The number of nitro benzene ring substituents is 1. The van der Waals surface area contributed by atoms with Gasteiger partial charge in [-0.2, -0.15) is 10.1 Å². The minimum atomic E-state index is -1.09. The summed E-state index contributed by atoms with van der Waals surface area (Å²) in [5, 5.41) is 25.8. The van der Waals surface area contributed by atoms with Crippen LogP contribution in [0.3, 0.4) is 0 Å². The molecule has 1 N–H and O–H groups in total. The highest BCUT2D eigenvalue weighted by atomic mass is 16.6. The van der Waals surface area contributed by atoms with Gasteiger partial charge in [0.15, 0.2) is 11.5 Å². The zero-order chi connectivity index (χ0) is 22.0. The normalized spacial score (nSPS) is 14.6. The molecule has 0 radical (unpaired) electrons. The Labute approximate surface area is 170 Å². The maximum atomic E-state index is 12.9. The van der Waals surface area contributed by atoms with Gasteiger partial charge < -0.3 is 14.6 Å². The average Bonchev–Trinajstić information content (AvgIpc) is 3.01. The molecular formula is C20H17N3O7. The van der Waals surface area contributed by atoms with E-state index < -0.39 is 16.8 Å². The third-order valence-corrected chi connectivity index (χ3v) is 4.45. The van der Waals surface area contributed by atoms with Crippen molar-refractivity contribution in [2.75, 3.05) is 19.2 Å². The van der Waals surface area contributed by atoms with Crippen molar-refractivity contribution in [3.05, 3.63) is 63.2 Å². The van der Waals surface area contributed by atoms with E-state index in [1.54, 1.807) is 6.92 Å². The third kappa shape index (κ3) is 3.70. The van der Waals surface area contributed by atoms with E-state index in [2.05, 4.69) is 5.10 Å². The van der Waals surface area contributed by atoms with Crippen LogP contribution in [0.1, 0.15) is 22.8 Å². The van der Waals surface area contributed by atoms with Crippen molar-refractivity contribution < 1.29 is 29.1 Å². The maximum Gasteiger partial charge on any atom is 0.335 e. The summed E-state index contributed by atoms with van der Waals surface area (Å²) < 4.78 is 10.3. The Kier molecular flexibility index (Phi) is 5.50. The van der Waals surface area contributed by atoms with E-state index in [0.29, 0.717) is 11.4 Å². The van der Waals surface area contributed by atoms with Crippen LogP contribution in [0, 0.1) is 10.1 Å². The summed E-state index contributed by atoms with van der Waals surface area (Å²) in [5.41, 5.74) is 0.847. The fraction of sp³-hybridized carbons (Fsp3) is 0.150. The van der Waals surface area contributed by atoms with Crippen molar-refractivity contribution in [3.63, 3.8) is 0 Å². The van der Waals surface area contributed by atoms with E-state index in [-0.39, 0.29) is 33.9 Å². The van der Waals surface area contributed by atoms with Crippen molar-refractivity contribution in [2.45, 2.75) is 6.92 Å². The van der Waals surface area contributed by atoms with Crippen LogP contribution in [0.25, 0.3) is 6.08 Å². The van der Waals surface area contributed by atoms with Gasteiger partial charge in [0.25, 0.3) is 11.6 Å². The molecule has 10 heteroatoms. The predicted molar refractivity (Wildman–Crippen MR) is 108 cm³/mol. The van der Waals surface area contributed by atoms with Crippen LogP contribution in [0.2, 0.25) is 0 Å². The van der Waals surface area contributed by atoms with Gasteiger partial charge in [0.1, 0.15) is 0 Å². The highest BCUT2D eigenvalue weighted by Crippen LogP contribution is 2.36. The molecule has 3 rings (SSSR count). The molecule has 1 aliphatic heterocycles. The molecule has 30 heavy (non-hydrogen) atoms. The second kappa shape index (κ2) is 8.03. The molecule has 0 spiro atoms. The number of methoxy groups -OCH3 is 2. The number of ether oxygens (including phenoxy) is 2. The smallest absolute Gasteiger partial charge is 0.335 e. The van der Waals surface area contributed by atoms with E-state index in [4.69, 9.17) is 14.6 Å². The Morgan fingerprint density at radius 3 is 2.30 bits per heavy atom. The summed E-state index contributed by atoms with van der Waals surface area (Å²) in [4.78, 5) is 34.8. The van der Waals surface area contributed by atoms with Crippen LogP contribution in [0.4, 0.5) is 11.4 Å². The quantitative estimate of drug-likeness (QED) is 0.439. The standard InChI is InChI=1S/C20H17N3O7/c1-11-15(8-13-9-17(29-2)18(30-3)10-16(13)23(27)28)19(24)22(21-11)14-6-4-12(5-7-14)20(25)26/h4-10H,1-3H3,(H,25,26)/b15-8-. The van der Waals surface area contributed by atoms with Crippen LogP contribution in [-0.2, 0) is 4.79 Å². The highest BCUT2D eigenvalue weighted by molar-refractivity contribution is 6.32. The molecule has 0 atom stereocenters. The molecule has 1 heterocycles. The Morgan fingerprint density at radius 1 is 1.17 bits per heavy atom. The zero-order valence-electron chi connectivity index (χ0n) is 16.3. The van der Waals surface area contributed by atoms with Crippen molar-refractivity contribution in [3.8, 4) is 11.5 Å². The van der Waals surface area contributed by atoms with Gasteiger partial charge in [-0.1, -0.05) is 0 Å². The summed E-state index contributed by atoms with van der Waals surface area (Å²) in [6.07, 6.45) is 1.37. The van der Waals surface area contributed by atoms with Crippen LogP contribution in [0.15, 0.2) is 47.1 Å². The van der Waals surface area contributed by atoms with Crippen molar-refractivity contribution in [1.82, 2.24) is 0 Å². The summed E-state index contributed by atoms with van der Waals surface area (Å²) in [6, 6.07) is 8.27. The Hall–Kier alpha value is -4.21. The monoisotopic (exact) mass is 411 g/mol. The van der Waals surface area contributed by atoms with Gasteiger partial charge in [0, 0.05) is 0 Å². The molecule has 2 aromatic carbocycles. The molecule has 0 aliphatic carbocycles. The summed E-state index contributed by atoms with van der Waals surface area (Å²) in [7, 11) is 2.76. The first-order chi connectivity index (χ1) is 14.3. The number of carbonyl (C=O) groups is 2. The van der Waals surface area contributed by atoms with Gasteiger partial charge in [-0.15, -0.1) is 0 Å². The molecule has 0 saturated heterocycles. The zero-order valence-corrected chi connectivity index (χ0v) is 16.3. The Bertz CT molecular complexity index is 1100. The van der Waals surface area contributed by atoms with Crippen LogP contribution in [-0.4, -0.2) is 41.8 Å². The van der Waals surface area contributed by atoms with Gasteiger partial charge in [0.2, 0.25) is 0 Å². The van der Waals surface area contributed by atoms with Crippen molar-refractivity contribution in [2.24, 2.45) is 5.10 Å². The summed E-state index contributed by atoms with van der Waals surface area (Å²) >= 11 is 0. The number of aromatic carboxylic acids is 1. The molecule has 0 saturated carbocycles. The van der Waals surface area contributed by atoms with Gasteiger partial charge in [0.05, 0.1) is 53.3 Å². The first-order valence-corrected chi connectivity index (χ1v) is 8.62. The summed E-state index contributed by atoms with van der Waals surface area (Å²) in [6.45, 7) is 1.60. The molecule has 0 bridgehead atoms. The lowest BCUT2D eigenvalue weighted by Crippen LogP contribution is -2.21. The van der Waals surface area contributed by atoms with Crippen LogP contribution < -0.4 is 14.5 Å². The lowest BCUT2D eigenvalue weighted by molar-refractivity contribution is -0.385. The van der Waals surface area contributed by atoms with Gasteiger partial charge >= 0.3 is 5.97 Å². The molecule has 0 fully saturated rings. The number of carboxylic acids is 1. The summed E-state index contributed by atoms with van der Waals surface area (Å²) in [5.74, 6) is -1.12. The van der Waals surface area contributed by atoms with Crippen molar-refractivity contribution in [1.29, 1.82) is 0 Å². The number of nitrogens with zero attached hydrogens (tertiary/aromatic N) is 3. The number of carboxylic acid groups (broad SMARTS) is 1. The minimum absolute atomic E-state index is 0.0721. The number of benzene rings is 2. The molecule has 10 nitrogen and oxygen atoms in total. The van der Waals surface area contributed by atoms with Gasteiger partial charge in [-0.3, -0.25) is 14.9 Å². The number of amides is 1. The Morgan fingerprint density at radius 2 is 1.77 bits per heavy atom. The van der Waals surface area contributed by atoms with Crippen LogP contribution in [0.5, 0.6) is 11.5 Å². The Balaban J connectivity index is 2.03. The van der Waals surface area contributed by atoms with Gasteiger partial charge in [-0.05, 0) is 43.3 Å². The van der Waals surface area contributed by atoms with E-state index in [1.807, 2.05) is 0 Å². The number of anilines is 1. The lowest BCUT2D eigenvalue weighted by atomic mass is 10.0. The highest BCUT2D eigenvalue weighted by Gasteiger charge is 2.30.